The van der Waals surface area contributed by atoms with E-state index in [2.05, 4.69) is 6.92 Å². The molecule has 0 heterocycles. The molecule has 2 N–H and O–H groups in total. The van der Waals surface area contributed by atoms with Crippen LogP contribution in [0.15, 0.2) is 0 Å². The minimum atomic E-state index is -0.417. The smallest absolute Gasteiger partial charge is 0.135 e. The minimum Gasteiger partial charge on any atom is -0.360 e. The standard InChI is InChI=1S/C6H17NO2Si/c1-4-5(7)10-6(8-2)9-3/h5-6H,4,7,10H2,1-3H3. The molecule has 0 aromatic heterocycles. The van der Waals surface area contributed by atoms with Gasteiger partial charge in [0.1, 0.15) is 15.4 Å². The summed E-state index contributed by atoms with van der Waals surface area (Å²) in [5.41, 5.74) is 6.05. The van der Waals surface area contributed by atoms with Gasteiger partial charge in [-0.1, -0.05) is 6.92 Å². The second-order valence-corrected chi connectivity index (χ2v) is 4.49. The second-order valence-electron chi connectivity index (χ2n) is 2.30. The highest BCUT2D eigenvalue weighted by molar-refractivity contribution is 6.38. The summed E-state index contributed by atoms with van der Waals surface area (Å²) in [6, 6.07) is 0. The Balaban J connectivity index is 3.41. The molecular formula is C6H17NO2Si. The quantitative estimate of drug-likeness (QED) is 0.436. The molecule has 1 atom stereocenters. The molecule has 1 unspecified atom stereocenters. The summed E-state index contributed by atoms with van der Waals surface area (Å²) < 4.78 is 10.1. The Labute approximate surface area is 64.7 Å². The van der Waals surface area contributed by atoms with Gasteiger partial charge in [-0.05, 0) is 12.1 Å². The maximum atomic E-state index is 5.73. The molecule has 0 amide bonds. The molecule has 0 aliphatic heterocycles. The van der Waals surface area contributed by atoms with Crippen molar-refractivity contribution in [2.75, 3.05) is 14.2 Å². The zero-order chi connectivity index (χ0) is 7.98. The molecule has 0 aromatic rings. The van der Waals surface area contributed by atoms with Crippen LogP contribution in [-0.2, 0) is 9.47 Å². The predicted molar refractivity (Wildman–Crippen MR) is 44.6 cm³/mol. The van der Waals surface area contributed by atoms with Gasteiger partial charge in [0, 0.05) is 14.2 Å². The van der Waals surface area contributed by atoms with Crippen LogP contribution in [0, 0.1) is 0 Å². The Hall–Kier alpha value is 0.0969. The third-order valence-electron chi connectivity index (χ3n) is 1.55. The predicted octanol–water partition coefficient (Wildman–Crippen LogP) is -0.574. The zero-order valence-corrected chi connectivity index (χ0v) is 8.38. The lowest BCUT2D eigenvalue weighted by Gasteiger charge is -2.15. The molecule has 0 bridgehead atoms. The van der Waals surface area contributed by atoms with E-state index in [4.69, 9.17) is 15.2 Å². The van der Waals surface area contributed by atoms with Crippen molar-refractivity contribution in [2.24, 2.45) is 5.73 Å². The summed E-state index contributed by atoms with van der Waals surface area (Å²) in [6.45, 7) is 2.08. The van der Waals surface area contributed by atoms with E-state index in [1.54, 1.807) is 14.2 Å². The van der Waals surface area contributed by atoms with Crippen molar-refractivity contribution in [1.29, 1.82) is 0 Å². The van der Waals surface area contributed by atoms with Gasteiger partial charge in [0.25, 0.3) is 0 Å². The van der Waals surface area contributed by atoms with Gasteiger partial charge in [-0.2, -0.15) is 0 Å². The Morgan fingerprint density at radius 3 is 2.20 bits per heavy atom. The van der Waals surface area contributed by atoms with Crippen molar-refractivity contribution in [1.82, 2.24) is 0 Å². The van der Waals surface area contributed by atoms with E-state index in [-0.39, 0.29) is 5.91 Å². The van der Waals surface area contributed by atoms with Crippen LogP contribution in [0.3, 0.4) is 0 Å². The lowest BCUT2D eigenvalue weighted by molar-refractivity contribution is -0.0447. The van der Waals surface area contributed by atoms with E-state index in [1.165, 1.54) is 0 Å². The number of ether oxygens (including phenoxy) is 2. The van der Waals surface area contributed by atoms with Crippen molar-refractivity contribution >= 4 is 9.52 Å². The Morgan fingerprint density at radius 2 is 1.90 bits per heavy atom. The molecule has 0 radical (unpaired) electrons. The van der Waals surface area contributed by atoms with E-state index in [0.29, 0.717) is 5.67 Å². The van der Waals surface area contributed by atoms with Gasteiger partial charge in [0.2, 0.25) is 0 Å². The number of nitrogens with two attached hydrogens (primary N) is 1. The van der Waals surface area contributed by atoms with Crippen LogP contribution in [-0.4, -0.2) is 35.3 Å². The van der Waals surface area contributed by atoms with E-state index < -0.39 is 9.52 Å². The number of methoxy groups -OCH3 is 2. The van der Waals surface area contributed by atoms with Crippen LogP contribution < -0.4 is 5.73 Å². The highest BCUT2D eigenvalue weighted by Gasteiger charge is 2.10. The zero-order valence-electron chi connectivity index (χ0n) is 6.96. The third-order valence-corrected chi connectivity index (χ3v) is 3.78. The third kappa shape index (κ3) is 4.00. The van der Waals surface area contributed by atoms with E-state index >= 15 is 0 Å². The molecule has 0 spiro atoms. The first-order chi connectivity index (χ1) is 4.74. The molecule has 0 aromatic carbocycles. The van der Waals surface area contributed by atoms with Crippen molar-refractivity contribution in [3.05, 3.63) is 0 Å². The Bertz CT molecular complexity index is 78.1. The molecule has 4 heteroatoms. The fourth-order valence-corrected chi connectivity index (χ4v) is 1.92. The average molecular weight is 163 g/mol. The first-order valence-corrected chi connectivity index (χ1v) is 5.19. The fourth-order valence-electron chi connectivity index (χ4n) is 0.703. The summed E-state index contributed by atoms with van der Waals surface area (Å²) >= 11 is 0. The van der Waals surface area contributed by atoms with Gasteiger partial charge >= 0.3 is 0 Å². The van der Waals surface area contributed by atoms with Gasteiger partial charge in [0.05, 0.1) is 0 Å². The van der Waals surface area contributed by atoms with Crippen LogP contribution in [0.1, 0.15) is 13.3 Å². The molecule has 62 valence electrons. The molecule has 0 aliphatic rings. The number of hydrogen-bond donors (Lipinski definition) is 1. The lowest BCUT2D eigenvalue weighted by Crippen LogP contribution is -2.37. The Kier molecular flexibility index (Phi) is 5.91. The van der Waals surface area contributed by atoms with Crippen molar-refractivity contribution in [3.63, 3.8) is 0 Å². The van der Waals surface area contributed by atoms with Crippen molar-refractivity contribution in [3.8, 4) is 0 Å². The first kappa shape index (κ1) is 10.1. The summed E-state index contributed by atoms with van der Waals surface area (Å²) in [6.07, 6.45) is 1.02. The van der Waals surface area contributed by atoms with Gasteiger partial charge in [-0.15, -0.1) is 0 Å². The van der Waals surface area contributed by atoms with Gasteiger partial charge in [-0.25, -0.2) is 0 Å². The van der Waals surface area contributed by atoms with Crippen molar-refractivity contribution < 1.29 is 9.47 Å². The molecule has 0 aliphatic carbocycles. The Morgan fingerprint density at radius 1 is 1.40 bits per heavy atom. The topological polar surface area (TPSA) is 44.5 Å². The van der Waals surface area contributed by atoms with Crippen molar-refractivity contribution in [2.45, 2.75) is 24.9 Å². The van der Waals surface area contributed by atoms with Crippen LogP contribution in [0.4, 0.5) is 0 Å². The fraction of sp³-hybridized carbons (Fsp3) is 1.00. The summed E-state index contributed by atoms with van der Waals surface area (Å²) in [5.74, 6) is -0.00468. The average Bonchev–Trinajstić information content (AvgIpc) is 1.99. The van der Waals surface area contributed by atoms with Crippen LogP contribution in [0.5, 0.6) is 0 Å². The highest BCUT2D eigenvalue weighted by atomic mass is 28.2. The van der Waals surface area contributed by atoms with Crippen LogP contribution >= 0.6 is 0 Å². The van der Waals surface area contributed by atoms with Gasteiger partial charge in [0.15, 0.2) is 0 Å². The summed E-state index contributed by atoms with van der Waals surface area (Å²) in [5, 5.41) is 0. The van der Waals surface area contributed by atoms with E-state index in [1.807, 2.05) is 0 Å². The van der Waals surface area contributed by atoms with E-state index in [9.17, 15) is 0 Å². The second kappa shape index (κ2) is 5.85. The largest absolute Gasteiger partial charge is 0.360 e. The molecular weight excluding hydrogens is 146 g/mol. The summed E-state index contributed by atoms with van der Waals surface area (Å²) in [4.78, 5) is 0. The van der Waals surface area contributed by atoms with E-state index in [0.717, 1.165) is 6.42 Å². The SMILES string of the molecule is CCC(N)[SiH2]C(OC)OC. The first-order valence-electron chi connectivity index (χ1n) is 3.55. The minimum absolute atomic E-state index is 0.00468. The maximum Gasteiger partial charge on any atom is 0.135 e. The lowest BCUT2D eigenvalue weighted by atomic mass is 10.5. The number of rotatable bonds is 5. The molecule has 0 fully saturated rings. The van der Waals surface area contributed by atoms with Gasteiger partial charge < -0.3 is 15.2 Å². The van der Waals surface area contributed by atoms with Gasteiger partial charge in [-0.3, -0.25) is 0 Å². The molecule has 3 nitrogen and oxygen atoms in total. The molecule has 0 rings (SSSR count). The summed E-state index contributed by atoms with van der Waals surface area (Å²) in [7, 11) is 2.90. The number of hydrogen-bond acceptors (Lipinski definition) is 3. The monoisotopic (exact) mass is 163 g/mol. The normalized spacial score (nSPS) is 15.3. The van der Waals surface area contributed by atoms with Crippen LogP contribution in [0.25, 0.3) is 0 Å². The highest BCUT2D eigenvalue weighted by Crippen LogP contribution is 1.92. The maximum absolute atomic E-state index is 5.73. The molecule has 0 saturated heterocycles. The molecule has 10 heavy (non-hydrogen) atoms. The molecule has 0 saturated carbocycles. The van der Waals surface area contributed by atoms with Crippen LogP contribution in [0.2, 0.25) is 0 Å².